The van der Waals surface area contributed by atoms with Crippen LogP contribution in [-0.2, 0) is 18.3 Å². The average Bonchev–Trinajstić information content (AvgIpc) is 3.09. The highest BCUT2D eigenvalue weighted by Gasteiger charge is 2.25. The maximum atomic E-state index is 5.92. The number of rotatable bonds is 4. The topological polar surface area (TPSA) is 70.8 Å². The van der Waals surface area contributed by atoms with Gasteiger partial charge in [0, 0.05) is 64.8 Å². The molecule has 8 heteroatoms. The maximum Gasteiger partial charge on any atom is 0.194 e. The summed E-state index contributed by atoms with van der Waals surface area (Å²) in [4.78, 5) is 13.2. The van der Waals surface area contributed by atoms with E-state index in [-0.39, 0.29) is 6.10 Å². The van der Waals surface area contributed by atoms with Crippen LogP contribution in [0.25, 0.3) is 0 Å². The van der Waals surface area contributed by atoms with E-state index >= 15 is 0 Å². The molecule has 140 valence electrons. The predicted octanol–water partition coefficient (Wildman–Crippen LogP) is 1.03. The van der Waals surface area contributed by atoms with Gasteiger partial charge >= 0.3 is 0 Å². The zero-order valence-corrected chi connectivity index (χ0v) is 15.9. The largest absolute Gasteiger partial charge is 0.370 e. The molecule has 2 aromatic rings. The molecule has 0 bridgehead atoms. The second-order valence-corrected chi connectivity index (χ2v) is 6.53. The molecule has 1 saturated heterocycles. The summed E-state index contributed by atoms with van der Waals surface area (Å²) in [5, 5.41) is 7.71. The number of guanidine groups is 1. The highest BCUT2D eigenvalue weighted by molar-refractivity contribution is 5.80. The summed E-state index contributed by atoms with van der Waals surface area (Å²) < 4.78 is 7.72. The van der Waals surface area contributed by atoms with E-state index in [0.717, 1.165) is 36.0 Å². The van der Waals surface area contributed by atoms with Gasteiger partial charge in [-0.05, 0) is 6.07 Å². The van der Waals surface area contributed by atoms with Gasteiger partial charge in [0.25, 0.3) is 0 Å². The number of hydrogen-bond acceptors (Lipinski definition) is 5. The third kappa shape index (κ3) is 4.13. The molecule has 26 heavy (non-hydrogen) atoms. The standard InChI is InChI=1S/C18H27N7O/c1-19-18(21-10-14-6-5-7-20-17(14)23(2)3)25-8-9-26-16(13-25)15-11-22-24(4)12-15/h5-7,11-12,16H,8-10,13H2,1-4H3,(H,19,21). The van der Waals surface area contributed by atoms with Crippen molar-refractivity contribution >= 4 is 11.8 Å². The van der Waals surface area contributed by atoms with Crippen LogP contribution in [0, 0.1) is 0 Å². The van der Waals surface area contributed by atoms with E-state index in [4.69, 9.17) is 4.74 Å². The number of nitrogens with one attached hydrogen (secondary N) is 1. The number of ether oxygens (including phenoxy) is 1. The molecule has 1 fully saturated rings. The number of pyridine rings is 1. The van der Waals surface area contributed by atoms with E-state index < -0.39 is 0 Å². The van der Waals surface area contributed by atoms with Crippen molar-refractivity contribution in [3.05, 3.63) is 41.9 Å². The Kier molecular flexibility index (Phi) is 5.72. The monoisotopic (exact) mass is 357 g/mol. The van der Waals surface area contributed by atoms with Gasteiger partial charge in [-0.3, -0.25) is 9.67 Å². The fourth-order valence-electron chi connectivity index (χ4n) is 3.13. The Morgan fingerprint density at radius 3 is 3.00 bits per heavy atom. The summed E-state index contributed by atoms with van der Waals surface area (Å²) in [6.45, 7) is 2.89. The van der Waals surface area contributed by atoms with Crippen molar-refractivity contribution in [1.82, 2.24) is 25.0 Å². The lowest BCUT2D eigenvalue weighted by Crippen LogP contribution is -2.48. The Morgan fingerprint density at radius 2 is 2.31 bits per heavy atom. The smallest absolute Gasteiger partial charge is 0.194 e. The van der Waals surface area contributed by atoms with Crippen LogP contribution in [0.5, 0.6) is 0 Å². The Morgan fingerprint density at radius 1 is 1.46 bits per heavy atom. The van der Waals surface area contributed by atoms with Gasteiger partial charge in [0.2, 0.25) is 0 Å². The molecule has 1 unspecified atom stereocenters. The van der Waals surface area contributed by atoms with Crippen molar-refractivity contribution in [3.63, 3.8) is 0 Å². The zero-order valence-electron chi connectivity index (χ0n) is 15.9. The lowest BCUT2D eigenvalue weighted by Gasteiger charge is -2.34. The van der Waals surface area contributed by atoms with Gasteiger partial charge in [-0.15, -0.1) is 0 Å². The van der Waals surface area contributed by atoms with Crippen LogP contribution in [0.2, 0.25) is 0 Å². The van der Waals surface area contributed by atoms with Crippen molar-refractivity contribution in [3.8, 4) is 0 Å². The lowest BCUT2D eigenvalue weighted by atomic mass is 10.1. The molecule has 0 spiro atoms. The van der Waals surface area contributed by atoms with E-state index in [1.807, 2.05) is 57.7 Å². The van der Waals surface area contributed by atoms with Crippen LogP contribution < -0.4 is 10.2 Å². The number of morpholine rings is 1. The molecular weight excluding hydrogens is 330 g/mol. The SMILES string of the molecule is CN=C(NCc1cccnc1N(C)C)N1CCOC(c2cnn(C)c2)C1. The molecule has 3 rings (SSSR count). The quantitative estimate of drug-likeness (QED) is 0.651. The molecule has 8 nitrogen and oxygen atoms in total. The van der Waals surface area contributed by atoms with Crippen LogP contribution in [0.15, 0.2) is 35.7 Å². The number of aromatic nitrogens is 3. The van der Waals surface area contributed by atoms with Crippen molar-refractivity contribution < 1.29 is 4.74 Å². The highest BCUT2D eigenvalue weighted by Crippen LogP contribution is 2.22. The van der Waals surface area contributed by atoms with Gasteiger partial charge < -0.3 is 19.9 Å². The average molecular weight is 357 g/mol. The Balaban J connectivity index is 1.66. The summed E-state index contributed by atoms with van der Waals surface area (Å²) >= 11 is 0. The molecule has 1 atom stereocenters. The van der Waals surface area contributed by atoms with E-state index in [1.165, 1.54) is 0 Å². The minimum absolute atomic E-state index is 0.00623. The summed E-state index contributed by atoms with van der Waals surface area (Å²) in [5.41, 5.74) is 2.23. The molecule has 1 N–H and O–H groups in total. The molecule has 3 heterocycles. The first-order chi connectivity index (χ1) is 12.6. The Bertz CT molecular complexity index is 756. The number of aliphatic imine (C=N–C) groups is 1. The fraction of sp³-hybridized carbons (Fsp3) is 0.500. The summed E-state index contributed by atoms with van der Waals surface area (Å²) in [5.74, 6) is 1.83. The van der Waals surface area contributed by atoms with Crippen molar-refractivity contribution in [2.45, 2.75) is 12.6 Å². The molecule has 1 aliphatic heterocycles. The van der Waals surface area contributed by atoms with Crippen molar-refractivity contribution in [2.75, 3.05) is 45.7 Å². The van der Waals surface area contributed by atoms with Crippen molar-refractivity contribution in [1.29, 1.82) is 0 Å². The van der Waals surface area contributed by atoms with Crippen LogP contribution >= 0.6 is 0 Å². The first kappa shape index (κ1) is 18.2. The fourth-order valence-corrected chi connectivity index (χ4v) is 3.13. The second-order valence-electron chi connectivity index (χ2n) is 6.53. The Hall–Kier alpha value is -2.61. The maximum absolute atomic E-state index is 5.92. The first-order valence-corrected chi connectivity index (χ1v) is 8.75. The van der Waals surface area contributed by atoms with Gasteiger partial charge in [0.1, 0.15) is 11.9 Å². The summed E-state index contributed by atoms with van der Waals surface area (Å²) in [7, 11) is 7.73. The van der Waals surface area contributed by atoms with Gasteiger partial charge in [0.15, 0.2) is 5.96 Å². The van der Waals surface area contributed by atoms with E-state index in [9.17, 15) is 0 Å². The van der Waals surface area contributed by atoms with E-state index in [1.54, 1.807) is 4.68 Å². The second kappa shape index (κ2) is 8.18. The molecular formula is C18H27N7O. The normalized spacial score (nSPS) is 18.1. The van der Waals surface area contributed by atoms with Crippen LogP contribution in [-0.4, -0.2) is 66.5 Å². The first-order valence-electron chi connectivity index (χ1n) is 8.75. The van der Waals surface area contributed by atoms with E-state index in [0.29, 0.717) is 13.2 Å². The minimum atomic E-state index is 0.00623. The number of nitrogens with zero attached hydrogens (tertiary/aromatic N) is 6. The lowest BCUT2D eigenvalue weighted by molar-refractivity contribution is -0.00805. The predicted molar refractivity (Wildman–Crippen MR) is 102 cm³/mol. The number of anilines is 1. The summed E-state index contributed by atoms with van der Waals surface area (Å²) in [6, 6.07) is 4.04. The highest BCUT2D eigenvalue weighted by atomic mass is 16.5. The van der Waals surface area contributed by atoms with Gasteiger partial charge in [-0.2, -0.15) is 5.10 Å². The number of hydrogen-bond donors (Lipinski definition) is 1. The van der Waals surface area contributed by atoms with Crippen molar-refractivity contribution in [2.24, 2.45) is 12.0 Å². The molecule has 2 aromatic heterocycles. The molecule has 0 aliphatic carbocycles. The molecule has 1 aliphatic rings. The zero-order chi connectivity index (χ0) is 18.5. The van der Waals surface area contributed by atoms with Gasteiger partial charge in [-0.1, -0.05) is 6.07 Å². The minimum Gasteiger partial charge on any atom is -0.370 e. The third-order valence-electron chi connectivity index (χ3n) is 4.40. The van der Waals surface area contributed by atoms with Gasteiger partial charge in [-0.25, -0.2) is 4.98 Å². The third-order valence-corrected chi connectivity index (χ3v) is 4.40. The van der Waals surface area contributed by atoms with Crippen LogP contribution in [0.1, 0.15) is 17.2 Å². The van der Waals surface area contributed by atoms with E-state index in [2.05, 4.69) is 31.4 Å². The molecule has 0 saturated carbocycles. The summed E-state index contributed by atoms with van der Waals surface area (Å²) in [6.07, 6.45) is 5.69. The van der Waals surface area contributed by atoms with Crippen LogP contribution in [0.4, 0.5) is 5.82 Å². The molecule has 0 radical (unpaired) electrons. The van der Waals surface area contributed by atoms with Crippen LogP contribution in [0.3, 0.4) is 0 Å². The molecule has 0 aromatic carbocycles. The number of aryl methyl sites for hydroxylation is 1. The molecule has 0 amide bonds. The van der Waals surface area contributed by atoms with Gasteiger partial charge in [0.05, 0.1) is 19.3 Å². The Labute approximate surface area is 154 Å².